The van der Waals surface area contributed by atoms with Crippen molar-refractivity contribution in [3.63, 3.8) is 0 Å². The van der Waals surface area contributed by atoms with E-state index < -0.39 is 0 Å². The molecule has 1 aromatic carbocycles. The molecule has 0 radical (unpaired) electrons. The Balaban J connectivity index is 1.88. The van der Waals surface area contributed by atoms with Gasteiger partial charge in [0.2, 0.25) is 5.91 Å². The summed E-state index contributed by atoms with van der Waals surface area (Å²) in [5.74, 6) is -0.168. The molecule has 2 rings (SSSR count). The van der Waals surface area contributed by atoms with Crippen LogP contribution in [0.2, 0.25) is 0 Å². The third kappa shape index (κ3) is 4.04. The number of anilines is 1. The second-order valence-electron chi connectivity index (χ2n) is 5.31. The Labute approximate surface area is 115 Å². The Morgan fingerprint density at radius 2 is 1.95 bits per heavy atom. The summed E-state index contributed by atoms with van der Waals surface area (Å²) >= 11 is 0. The minimum Gasteiger partial charge on any atom is -0.330 e. The van der Waals surface area contributed by atoms with Crippen molar-refractivity contribution in [2.45, 2.75) is 26.3 Å². The number of rotatable bonds is 5. The van der Waals surface area contributed by atoms with Crippen LogP contribution in [0.5, 0.6) is 0 Å². The molecule has 4 heteroatoms. The van der Waals surface area contributed by atoms with E-state index in [0.717, 1.165) is 12.2 Å². The Hall–Kier alpha value is -1.39. The van der Waals surface area contributed by atoms with E-state index in [-0.39, 0.29) is 11.8 Å². The summed E-state index contributed by atoms with van der Waals surface area (Å²) in [7, 11) is 0. The summed E-state index contributed by atoms with van der Waals surface area (Å²) in [5.41, 5.74) is 7.62. The number of carbonyl (C=O) groups excluding carboxylic acids is 1. The summed E-state index contributed by atoms with van der Waals surface area (Å²) in [6, 6.07) is 8.10. The van der Waals surface area contributed by atoms with Crippen LogP contribution >= 0.6 is 0 Å². The summed E-state index contributed by atoms with van der Waals surface area (Å²) < 4.78 is 0. The van der Waals surface area contributed by atoms with Crippen LogP contribution in [0.25, 0.3) is 0 Å². The van der Waals surface area contributed by atoms with Crippen LogP contribution < -0.4 is 11.1 Å². The number of benzene rings is 1. The molecule has 4 nitrogen and oxygen atoms in total. The zero-order valence-electron chi connectivity index (χ0n) is 11.6. The van der Waals surface area contributed by atoms with Gasteiger partial charge in [-0.2, -0.15) is 0 Å². The molecule has 1 aliphatic rings. The molecule has 19 heavy (non-hydrogen) atoms. The third-order valence-corrected chi connectivity index (χ3v) is 3.63. The van der Waals surface area contributed by atoms with E-state index in [0.29, 0.717) is 6.54 Å². The SMILES string of the molecule is CC(CN)C(=O)Nc1ccc(CN2CCCC2)cc1. The van der Waals surface area contributed by atoms with Gasteiger partial charge in [-0.1, -0.05) is 19.1 Å². The van der Waals surface area contributed by atoms with Crippen molar-refractivity contribution in [1.82, 2.24) is 4.90 Å². The van der Waals surface area contributed by atoms with Crippen molar-refractivity contribution in [2.24, 2.45) is 11.7 Å². The number of hydrogen-bond acceptors (Lipinski definition) is 3. The lowest BCUT2D eigenvalue weighted by Crippen LogP contribution is -2.26. The zero-order chi connectivity index (χ0) is 13.7. The maximum absolute atomic E-state index is 11.7. The van der Waals surface area contributed by atoms with Gasteiger partial charge in [0.15, 0.2) is 0 Å². The minimum absolute atomic E-state index is 0.0187. The van der Waals surface area contributed by atoms with Gasteiger partial charge in [0.1, 0.15) is 0 Å². The Bertz CT molecular complexity index is 410. The van der Waals surface area contributed by atoms with Crippen molar-refractivity contribution in [3.8, 4) is 0 Å². The molecule has 1 atom stereocenters. The smallest absolute Gasteiger partial charge is 0.228 e. The number of amides is 1. The first-order valence-electron chi connectivity index (χ1n) is 7.01. The van der Waals surface area contributed by atoms with Gasteiger partial charge in [0.25, 0.3) is 0 Å². The molecule has 0 bridgehead atoms. The molecule has 0 aliphatic carbocycles. The summed E-state index contributed by atoms with van der Waals surface area (Å²) in [5, 5.41) is 2.88. The Morgan fingerprint density at radius 3 is 2.53 bits per heavy atom. The maximum atomic E-state index is 11.7. The third-order valence-electron chi connectivity index (χ3n) is 3.63. The topological polar surface area (TPSA) is 58.4 Å². The van der Waals surface area contributed by atoms with Gasteiger partial charge < -0.3 is 11.1 Å². The van der Waals surface area contributed by atoms with Crippen molar-refractivity contribution < 1.29 is 4.79 Å². The molecular weight excluding hydrogens is 238 g/mol. The van der Waals surface area contributed by atoms with Crippen molar-refractivity contribution >= 4 is 11.6 Å². The normalized spacial score (nSPS) is 17.4. The Kier molecular flexibility index (Phi) is 4.93. The molecule has 1 unspecified atom stereocenters. The van der Waals surface area contributed by atoms with E-state index >= 15 is 0 Å². The van der Waals surface area contributed by atoms with Crippen LogP contribution in [0.4, 0.5) is 5.69 Å². The highest BCUT2D eigenvalue weighted by Gasteiger charge is 2.12. The van der Waals surface area contributed by atoms with Gasteiger partial charge in [0, 0.05) is 24.7 Å². The average molecular weight is 261 g/mol. The minimum atomic E-state index is -0.149. The first-order chi connectivity index (χ1) is 9.19. The molecule has 1 heterocycles. The van der Waals surface area contributed by atoms with E-state index in [4.69, 9.17) is 5.73 Å². The van der Waals surface area contributed by atoms with E-state index in [9.17, 15) is 4.79 Å². The maximum Gasteiger partial charge on any atom is 0.228 e. The second-order valence-corrected chi connectivity index (χ2v) is 5.31. The van der Waals surface area contributed by atoms with Crippen molar-refractivity contribution in [2.75, 3.05) is 25.0 Å². The van der Waals surface area contributed by atoms with Crippen LogP contribution in [0.3, 0.4) is 0 Å². The first kappa shape index (κ1) is 14.0. The molecule has 0 saturated carbocycles. The van der Waals surface area contributed by atoms with Gasteiger partial charge in [-0.3, -0.25) is 9.69 Å². The van der Waals surface area contributed by atoms with E-state index in [1.54, 1.807) is 0 Å². The highest BCUT2D eigenvalue weighted by molar-refractivity contribution is 5.92. The number of nitrogens with zero attached hydrogens (tertiary/aromatic N) is 1. The van der Waals surface area contributed by atoms with Gasteiger partial charge in [-0.05, 0) is 43.6 Å². The van der Waals surface area contributed by atoms with E-state index in [1.165, 1.54) is 31.5 Å². The zero-order valence-corrected chi connectivity index (χ0v) is 11.6. The summed E-state index contributed by atoms with van der Waals surface area (Å²) in [6.07, 6.45) is 2.62. The van der Waals surface area contributed by atoms with Gasteiger partial charge >= 0.3 is 0 Å². The number of hydrogen-bond donors (Lipinski definition) is 2. The fourth-order valence-corrected chi connectivity index (χ4v) is 2.26. The predicted molar refractivity (Wildman–Crippen MR) is 77.8 cm³/mol. The predicted octanol–water partition coefficient (Wildman–Crippen LogP) is 1.82. The van der Waals surface area contributed by atoms with Crippen LogP contribution in [-0.4, -0.2) is 30.4 Å². The van der Waals surface area contributed by atoms with Gasteiger partial charge in [-0.25, -0.2) is 0 Å². The van der Waals surface area contributed by atoms with E-state index in [1.807, 2.05) is 19.1 Å². The molecule has 1 aromatic rings. The Morgan fingerprint density at radius 1 is 1.32 bits per heavy atom. The summed E-state index contributed by atoms with van der Waals surface area (Å²) in [6.45, 7) is 5.61. The largest absolute Gasteiger partial charge is 0.330 e. The standard InChI is InChI=1S/C15H23N3O/c1-12(10-16)15(19)17-14-6-4-13(5-7-14)11-18-8-2-3-9-18/h4-7,12H,2-3,8-11,16H2,1H3,(H,17,19). The monoisotopic (exact) mass is 261 g/mol. The lowest BCUT2D eigenvalue weighted by Gasteiger charge is -2.15. The van der Waals surface area contributed by atoms with Crippen LogP contribution in [0.15, 0.2) is 24.3 Å². The van der Waals surface area contributed by atoms with Crippen LogP contribution in [-0.2, 0) is 11.3 Å². The highest BCUT2D eigenvalue weighted by atomic mass is 16.1. The van der Waals surface area contributed by atoms with Crippen LogP contribution in [0.1, 0.15) is 25.3 Å². The summed E-state index contributed by atoms with van der Waals surface area (Å²) in [4.78, 5) is 14.2. The second kappa shape index (κ2) is 6.68. The van der Waals surface area contributed by atoms with Gasteiger partial charge in [0.05, 0.1) is 0 Å². The molecule has 104 valence electrons. The molecule has 1 saturated heterocycles. The lowest BCUT2D eigenvalue weighted by molar-refractivity contribution is -0.119. The van der Waals surface area contributed by atoms with Gasteiger partial charge in [-0.15, -0.1) is 0 Å². The van der Waals surface area contributed by atoms with Crippen LogP contribution in [0, 0.1) is 5.92 Å². The molecule has 0 spiro atoms. The quantitative estimate of drug-likeness (QED) is 0.850. The number of carbonyl (C=O) groups is 1. The molecule has 3 N–H and O–H groups in total. The lowest BCUT2D eigenvalue weighted by atomic mass is 10.1. The molecule has 1 aliphatic heterocycles. The molecule has 1 fully saturated rings. The fraction of sp³-hybridized carbons (Fsp3) is 0.533. The van der Waals surface area contributed by atoms with Crippen molar-refractivity contribution in [1.29, 1.82) is 0 Å². The number of likely N-dealkylation sites (tertiary alicyclic amines) is 1. The van der Waals surface area contributed by atoms with Crippen molar-refractivity contribution in [3.05, 3.63) is 29.8 Å². The fourth-order valence-electron chi connectivity index (χ4n) is 2.26. The number of nitrogens with two attached hydrogens (primary N) is 1. The first-order valence-corrected chi connectivity index (χ1v) is 7.01. The number of nitrogens with one attached hydrogen (secondary N) is 1. The average Bonchev–Trinajstić information content (AvgIpc) is 2.93. The highest BCUT2D eigenvalue weighted by Crippen LogP contribution is 2.15. The van der Waals surface area contributed by atoms with E-state index in [2.05, 4.69) is 22.3 Å². The molecule has 0 aromatic heterocycles. The molecular formula is C15H23N3O. The molecule has 1 amide bonds.